The molecule has 1 aromatic carbocycles. The van der Waals surface area contributed by atoms with Gasteiger partial charge in [0, 0.05) is 10.4 Å². The van der Waals surface area contributed by atoms with E-state index in [0.29, 0.717) is 13.0 Å². The molecule has 24 heavy (non-hydrogen) atoms. The summed E-state index contributed by atoms with van der Waals surface area (Å²) >= 11 is 1.37. The van der Waals surface area contributed by atoms with Crippen molar-refractivity contribution in [3.63, 3.8) is 0 Å². The van der Waals surface area contributed by atoms with Crippen LogP contribution >= 0.6 is 11.3 Å². The molecule has 126 valence electrons. The Kier molecular flexibility index (Phi) is 6.79. The highest BCUT2D eigenvalue weighted by atomic mass is 32.1. The number of carbonyl (C=O) groups is 1. The third kappa shape index (κ3) is 5.69. The first kappa shape index (κ1) is 18.0. The van der Waals surface area contributed by atoms with Crippen molar-refractivity contribution >= 4 is 17.3 Å². The van der Waals surface area contributed by atoms with E-state index >= 15 is 0 Å². The Labute approximate surface area is 145 Å². The molecule has 0 aliphatic heterocycles. The van der Waals surface area contributed by atoms with Gasteiger partial charge in [-0.25, -0.2) is 9.78 Å². The van der Waals surface area contributed by atoms with E-state index in [1.165, 1.54) is 11.3 Å². The van der Waals surface area contributed by atoms with Crippen molar-refractivity contribution in [2.24, 2.45) is 0 Å². The predicted molar refractivity (Wildman–Crippen MR) is 94.8 cm³/mol. The first-order valence-corrected chi connectivity index (χ1v) is 8.46. The van der Waals surface area contributed by atoms with E-state index in [2.05, 4.69) is 16.8 Å². The van der Waals surface area contributed by atoms with E-state index < -0.39 is 5.97 Å². The molecule has 2 rings (SSSR count). The number of aryl methyl sites for hydroxylation is 1. The SMILES string of the molecule is CN(C)CC#Cc1ccc(OCCCc2scnc2C(=O)O)cc1. The fourth-order valence-electron chi connectivity index (χ4n) is 1.98. The molecule has 0 aliphatic carbocycles. The highest BCUT2D eigenvalue weighted by Gasteiger charge is 2.12. The normalized spacial score (nSPS) is 10.3. The van der Waals surface area contributed by atoms with Gasteiger partial charge >= 0.3 is 5.97 Å². The molecule has 0 amide bonds. The summed E-state index contributed by atoms with van der Waals surface area (Å²) in [6.45, 7) is 1.26. The lowest BCUT2D eigenvalue weighted by atomic mass is 10.2. The standard InChI is InChI=1S/C18H20N2O3S/c1-20(2)11-3-5-14-7-9-15(10-8-14)23-12-4-6-16-17(18(21)22)19-13-24-16/h7-10,13H,4,6,11-12H2,1-2H3,(H,21,22). The number of aromatic nitrogens is 1. The number of carboxylic acid groups (broad SMARTS) is 1. The number of ether oxygens (including phenoxy) is 1. The molecule has 0 aliphatic rings. The van der Waals surface area contributed by atoms with Crippen molar-refractivity contribution in [2.45, 2.75) is 12.8 Å². The van der Waals surface area contributed by atoms with Crippen LogP contribution in [0, 0.1) is 11.8 Å². The van der Waals surface area contributed by atoms with Crippen molar-refractivity contribution in [2.75, 3.05) is 27.2 Å². The van der Waals surface area contributed by atoms with E-state index in [1.54, 1.807) is 5.51 Å². The number of aromatic carboxylic acids is 1. The molecule has 0 saturated heterocycles. The molecule has 0 radical (unpaired) electrons. The summed E-state index contributed by atoms with van der Waals surface area (Å²) < 4.78 is 5.68. The van der Waals surface area contributed by atoms with Gasteiger partial charge in [0.2, 0.25) is 0 Å². The van der Waals surface area contributed by atoms with Crippen LogP contribution in [0.25, 0.3) is 0 Å². The van der Waals surface area contributed by atoms with Gasteiger partial charge in [-0.1, -0.05) is 11.8 Å². The van der Waals surface area contributed by atoms with Crippen LogP contribution in [-0.4, -0.2) is 48.2 Å². The van der Waals surface area contributed by atoms with E-state index in [4.69, 9.17) is 9.84 Å². The Morgan fingerprint density at radius 3 is 2.75 bits per heavy atom. The van der Waals surface area contributed by atoms with Crippen molar-refractivity contribution in [1.29, 1.82) is 0 Å². The second kappa shape index (κ2) is 9.06. The van der Waals surface area contributed by atoms with Crippen LogP contribution < -0.4 is 4.74 Å². The molecule has 5 nitrogen and oxygen atoms in total. The molecular weight excluding hydrogens is 324 g/mol. The summed E-state index contributed by atoms with van der Waals surface area (Å²) in [5.74, 6) is 6.00. The van der Waals surface area contributed by atoms with Crippen LogP contribution in [-0.2, 0) is 6.42 Å². The van der Waals surface area contributed by atoms with Gasteiger partial charge in [-0.2, -0.15) is 0 Å². The Morgan fingerprint density at radius 2 is 2.08 bits per heavy atom. The van der Waals surface area contributed by atoms with Gasteiger partial charge in [0.25, 0.3) is 0 Å². The zero-order valence-electron chi connectivity index (χ0n) is 13.8. The van der Waals surface area contributed by atoms with Gasteiger partial charge in [0.15, 0.2) is 5.69 Å². The summed E-state index contributed by atoms with van der Waals surface area (Å²) in [5, 5.41) is 9.01. The maximum absolute atomic E-state index is 11.0. The highest BCUT2D eigenvalue weighted by molar-refractivity contribution is 7.09. The zero-order chi connectivity index (χ0) is 17.4. The average Bonchev–Trinajstić information content (AvgIpc) is 3.01. The molecule has 1 N–H and O–H groups in total. The number of benzene rings is 1. The molecule has 1 heterocycles. The minimum Gasteiger partial charge on any atom is -0.494 e. The molecule has 0 spiro atoms. The van der Waals surface area contributed by atoms with Crippen molar-refractivity contribution in [3.05, 3.63) is 45.9 Å². The molecule has 0 unspecified atom stereocenters. The summed E-state index contributed by atoms with van der Waals surface area (Å²) in [6, 6.07) is 7.66. The fraction of sp³-hybridized carbons (Fsp3) is 0.333. The molecule has 1 aromatic heterocycles. The number of nitrogens with zero attached hydrogens (tertiary/aromatic N) is 2. The van der Waals surface area contributed by atoms with Crippen molar-refractivity contribution < 1.29 is 14.6 Å². The molecule has 6 heteroatoms. The Hall–Kier alpha value is -2.36. The number of rotatable bonds is 7. The Morgan fingerprint density at radius 1 is 1.33 bits per heavy atom. The van der Waals surface area contributed by atoms with Gasteiger partial charge < -0.3 is 9.84 Å². The molecule has 0 saturated carbocycles. The largest absolute Gasteiger partial charge is 0.494 e. The van der Waals surface area contributed by atoms with Gasteiger partial charge in [0.05, 0.1) is 18.7 Å². The van der Waals surface area contributed by atoms with Crippen LogP contribution in [0.3, 0.4) is 0 Å². The minimum absolute atomic E-state index is 0.153. The lowest BCUT2D eigenvalue weighted by molar-refractivity contribution is 0.0690. The topological polar surface area (TPSA) is 62.7 Å². The fourth-order valence-corrected chi connectivity index (χ4v) is 2.78. The van der Waals surface area contributed by atoms with Crippen molar-refractivity contribution in [1.82, 2.24) is 9.88 Å². The summed E-state index contributed by atoms with van der Waals surface area (Å²) in [5.41, 5.74) is 2.68. The molecule has 0 bridgehead atoms. The monoisotopic (exact) mass is 344 g/mol. The zero-order valence-corrected chi connectivity index (χ0v) is 14.6. The first-order chi connectivity index (χ1) is 11.6. The second-order valence-electron chi connectivity index (χ2n) is 5.45. The number of hydrogen-bond acceptors (Lipinski definition) is 5. The molecule has 2 aromatic rings. The average molecular weight is 344 g/mol. The maximum Gasteiger partial charge on any atom is 0.355 e. The van der Waals surface area contributed by atoms with E-state index in [0.717, 1.165) is 29.2 Å². The van der Waals surface area contributed by atoms with E-state index in [-0.39, 0.29) is 5.69 Å². The summed E-state index contributed by atoms with van der Waals surface area (Å²) in [6.07, 6.45) is 1.40. The third-order valence-corrected chi connectivity index (χ3v) is 4.04. The number of thiazole rings is 1. The van der Waals surface area contributed by atoms with Gasteiger partial charge in [0.1, 0.15) is 5.75 Å². The third-order valence-electron chi connectivity index (χ3n) is 3.14. The second-order valence-corrected chi connectivity index (χ2v) is 6.38. The van der Waals surface area contributed by atoms with Crippen LogP contribution in [0.5, 0.6) is 5.75 Å². The van der Waals surface area contributed by atoms with Crippen molar-refractivity contribution in [3.8, 4) is 17.6 Å². The lowest BCUT2D eigenvalue weighted by Crippen LogP contribution is -2.10. The van der Waals surface area contributed by atoms with Crippen LogP contribution in [0.1, 0.15) is 27.3 Å². The minimum atomic E-state index is -0.974. The number of hydrogen-bond donors (Lipinski definition) is 1. The van der Waals surface area contributed by atoms with Gasteiger partial charge in [-0.3, -0.25) is 4.90 Å². The van der Waals surface area contributed by atoms with E-state index in [1.807, 2.05) is 43.3 Å². The number of carboxylic acids is 1. The Bertz CT molecular complexity index is 727. The first-order valence-electron chi connectivity index (χ1n) is 7.58. The predicted octanol–water partition coefficient (Wildman–Crippen LogP) is 2.77. The molecular formula is C18H20N2O3S. The maximum atomic E-state index is 11.0. The van der Waals surface area contributed by atoms with Gasteiger partial charge in [-0.15, -0.1) is 11.3 Å². The molecule has 0 fully saturated rings. The van der Waals surface area contributed by atoms with E-state index in [9.17, 15) is 4.79 Å². The smallest absolute Gasteiger partial charge is 0.355 e. The van der Waals surface area contributed by atoms with Crippen LogP contribution in [0.15, 0.2) is 29.8 Å². The lowest BCUT2D eigenvalue weighted by Gasteiger charge is -2.06. The highest BCUT2D eigenvalue weighted by Crippen LogP contribution is 2.16. The molecule has 0 atom stereocenters. The quantitative estimate of drug-likeness (QED) is 0.618. The Balaban J connectivity index is 1.77. The summed E-state index contributed by atoms with van der Waals surface area (Å²) in [4.78, 5) is 17.6. The van der Waals surface area contributed by atoms with Crippen LogP contribution in [0.2, 0.25) is 0 Å². The van der Waals surface area contributed by atoms with Crippen LogP contribution in [0.4, 0.5) is 0 Å². The summed E-state index contributed by atoms with van der Waals surface area (Å²) in [7, 11) is 3.97. The van der Waals surface area contributed by atoms with Gasteiger partial charge in [-0.05, 0) is 51.2 Å².